The molecule has 1 amide bonds. The van der Waals surface area contributed by atoms with Crippen LogP contribution in [-0.4, -0.2) is 42.1 Å². The standard InChI is InChI=1S/C16H20N2O4/c1-21-15(20)11-9-16(11)4-6-18(7-5-16)14(19)12-8-13(22-17-12)10-2-3-10/h8,10-11H,2-7,9H2,1H3. The largest absolute Gasteiger partial charge is 0.469 e. The van der Waals surface area contributed by atoms with Crippen molar-refractivity contribution in [2.75, 3.05) is 20.2 Å². The molecule has 1 aromatic rings. The molecular weight excluding hydrogens is 284 g/mol. The van der Waals surface area contributed by atoms with Crippen molar-refractivity contribution in [3.8, 4) is 0 Å². The normalized spacial score (nSPS) is 26.0. The second-order valence-electron chi connectivity index (χ2n) is 6.82. The zero-order valence-corrected chi connectivity index (χ0v) is 12.7. The minimum atomic E-state index is -0.106. The number of piperidine rings is 1. The van der Waals surface area contributed by atoms with Crippen LogP contribution >= 0.6 is 0 Å². The Labute approximate surface area is 128 Å². The first-order valence-electron chi connectivity index (χ1n) is 7.97. The molecule has 1 atom stereocenters. The van der Waals surface area contributed by atoms with Crippen LogP contribution in [0.5, 0.6) is 0 Å². The molecule has 6 heteroatoms. The van der Waals surface area contributed by atoms with Crippen molar-refractivity contribution >= 4 is 11.9 Å². The van der Waals surface area contributed by atoms with Crippen LogP contribution in [0.15, 0.2) is 10.6 Å². The van der Waals surface area contributed by atoms with Crippen LogP contribution < -0.4 is 0 Å². The molecule has 0 radical (unpaired) electrons. The van der Waals surface area contributed by atoms with Gasteiger partial charge in [-0.25, -0.2) is 0 Å². The van der Waals surface area contributed by atoms with Crippen molar-refractivity contribution in [1.82, 2.24) is 10.1 Å². The molecule has 0 N–H and O–H groups in total. The first-order chi connectivity index (χ1) is 10.6. The maximum atomic E-state index is 12.5. The number of aromatic nitrogens is 1. The van der Waals surface area contributed by atoms with Gasteiger partial charge in [0.1, 0.15) is 5.76 Å². The lowest BCUT2D eigenvalue weighted by Crippen LogP contribution is -2.40. The fraction of sp³-hybridized carbons (Fsp3) is 0.688. The number of rotatable bonds is 3. The molecule has 6 nitrogen and oxygen atoms in total. The minimum absolute atomic E-state index is 0.0308. The summed E-state index contributed by atoms with van der Waals surface area (Å²) in [6.45, 7) is 1.36. The number of hydrogen-bond donors (Lipinski definition) is 0. The third-order valence-corrected chi connectivity index (χ3v) is 5.45. The van der Waals surface area contributed by atoms with E-state index in [0.29, 0.717) is 24.7 Å². The topological polar surface area (TPSA) is 72.6 Å². The van der Waals surface area contributed by atoms with E-state index in [1.54, 1.807) is 6.07 Å². The summed E-state index contributed by atoms with van der Waals surface area (Å²) >= 11 is 0. The highest BCUT2D eigenvalue weighted by Gasteiger charge is 2.59. The lowest BCUT2D eigenvalue weighted by molar-refractivity contribution is -0.143. The first-order valence-corrected chi connectivity index (χ1v) is 7.97. The number of amides is 1. The molecule has 1 spiro atoms. The van der Waals surface area contributed by atoms with E-state index in [-0.39, 0.29) is 23.2 Å². The molecule has 3 fully saturated rings. The van der Waals surface area contributed by atoms with Crippen molar-refractivity contribution in [2.45, 2.75) is 38.0 Å². The zero-order chi connectivity index (χ0) is 15.3. The number of ether oxygens (including phenoxy) is 1. The second kappa shape index (κ2) is 4.83. The van der Waals surface area contributed by atoms with Crippen molar-refractivity contribution in [3.05, 3.63) is 17.5 Å². The van der Waals surface area contributed by atoms with E-state index >= 15 is 0 Å². The summed E-state index contributed by atoms with van der Waals surface area (Å²) in [4.78, 5) is 25.9. The Kier molecular flexibility index (Phi) is 3.03. The van der Waals surface area contributed by atoms with Gasteiger partial charge in [-0.3, -0.25) is 9.59 Å². The maximum absolute atomic E-state index is 12.5. The quantitative estimate of drug-likeness (QED) is 0.798. The number of carbonyl (C=O) groups is 2. The molecule has 22 heavy (non-hydrogen) atoms. The Bertz CT molecular complexity index is 611. The lowest BCUT2D eigenvalue weighted by atomic mass is 9.90. The fourth-order valence-corrected chi connectivity index (χ4v) is 3.64. The van der Waals surface area contributed by atoms with Gasteiger partial charge >= 0.3 is 5.97 Å². The number of methoxy groups -OCH3 is 1. The van der Waals surface area contributed by atoms with Gasteiger partial charge < -0.3 is 14.2 Å². The number of nitrogens with zero attached hydrogens (tertiary/aromatic N) is 2. The molecular formula is C16H20N2O4. The van der Waals surface area contributed by atoms with Gasteiger partial charge in [0.2, 0.25) is 0 Å². The number of hydrogen-bond acceptors (Lipinski definition) is 5. The van der Waals surface area contributed by atoms with Crippen LogP contribution in [0, 0.1) is 11.3 Å². The molecule has 3 aliphatic rings. The van der Waals surface area contributed by atoms with Gasteiger partial charge in [0.15, 0.2) is 5.69 Å². The van der Waals surface area contributed by atoms with Crippen LogP contribution in [0.3, 0.4) is 0 Å². The smallest absolute Gasteiger partial charge is 0.309 e. The molecule has 1 aromatic heterocycles. The van der Waals surface area contributed by atoms with Crippen molar-refractivity contribution < 1.29 is 18.8 Å². The van der Waals surface area contributed by atoms with Crippen LogP contribution in [0.4, 0.5) is 0 Å². The van der Waals surface area contributed by atoms with Gasteiger partial charge in [-0.1, -0.05) is 5.16 Å². The SMILES string of the molecule is COC(=O)C1CC12CCN(C(=O)c1cc(C3CC3)on1)CC2. The average molecular weight is 304 g/mol. The van der Waals surface area contributed by atoms with Gasteiger partial charge in [0.05, 0.1) is 13.0 Å². The number of esters is 1. The summed E-state index contributed by atoms with van der Waals surface area (Å²) in [5, 5.41) is 3.92. The third kappa shape index (κ3) is 2.21. The molecule has 2 heterocycles. The minimum Gasteiger partial charge on any atom is -0.469 e. The summed E-state index contributed by atoms with van der Waals surface area (Å²) in [5.41, 5.74) is 0.491. The van der Waals surface area contributed by atoms with Crippen LogP contribution in [-0.2, 0) is 9.53 Å². The second-order valence-corrected chi connectivity index (χ2v) is 6.82. The van der Waals surface area contributed by atoms with Crippen LogP contribution in [0.25, 0.3) is 0 Å². The molecule has 2 aliphatic carbocycles. The van der Waals surface area contributed by atoms with E-state index in [2.05, 4.69) is 5.16 Å². The van der Waals surface area contributed by atoms with Crippen molar-refractivity contribution in [2.24, 2.45) is 11.3 Å². The van der Waals surface area contributed by atoms with E-state index in [9.17, 15) is 9.59 Å². The van der Waals surface area contributed by atoms with Crippen molar-refractivity contribution in [3.63, 3.8) is 0 Å². The third-order valence-electron chi connectivity index (χ3n) is 5.45. The van der Waals surface area contributed by atoms with Gasteiger partial charge in [0.25, 0.3) is 5.91 Å². The Morgan fingerprint density at radius 1 is 1.36 bits per heavy atom. The van der Waals surface area contributed by atoms with E-state index in [4.69, 9.17) is 9.26 Å². The predicted octanol–water partition coefficient (Wildman–Crippen LogP) is 1.97. The molecule has 4 rings (SSSR count). The van der Waals surface area contributed by atoms with Crippen LogP contribution in [0.2, 0.25) is 0 Å². The van der Waals surface area contributed by atoms with Gasteiger partial charge in [-0.05, 0) is 37.5 Å². The van der Waals surface area contributed by atoms with E-state index in [0.717, 1.165) is 37.9 Å². The average Bonchev–Trinajstić information content (AvgIpc) is 3.46. The Morgan fingerprint density at radius 2 is 2.09 bits per heavy atom. The Hall–Kier alpha value is -1.85. The van der Waals surface area contributed by atoms with Gasteiger partial charge in [0, 0.05) is 25.1 Å². The molecule has 2 saturated carbocycles. The summed E-state index contributed by atoms with van der Waals surface area (Å²) in [5.74, 6) is 1.17. The summed E-state index contributed by atoms with van der Waals surface area (Å²) in [6, 6.07) is 1.79. The highest BCUT2D eigenvalue weighted by molar-refractivity contribution is 5.92. The molecule has 1 unspecified atom stereocenters. The van der Waals surface area contributed by atoms with Gasteiger partial charge in [-0.15, -0.1) is 0 Å². The van der Waals surface area contributed by atoms with E-state index < -0.39 is 0 Å². The highest BCUT2D eigenvalue weighted by Crippen LogP contribution is 2.59. The van der Waals surface area contributed by atoms with E-state index in [1.165, 1.54) is 7.11 Å². The molecule has 0 bridgehead atoms. The number of carbonyl (C=O) groups excluding carboxylic acids is 2. The molecule has 1 saturated heterocycles. The predicted molar refractivity (Wildman–Crippen MR) is 76.2 cm³/mol. The first kappa shape index (κ1) is 13.8. The summed E-state index contributed by atoms with van der Waals surface area (Å²) < 4.78 is 10.1. The summed E-state index contributed by atoms with van der Waals surface area (Å²) in [6.07, 6.45) is 4.89. The Balaban J connectivity index is 1.37. The van der Waals surface area contributed by atoms with Crippen molar-refractivity contribution in [1.29, 1.82) is 0 Å². The number of likely N-dealkylation sites (tertiary alicyclic amines) is 1. The fourth-order valence-electron chi connectivity index (χ4n) is 3.64. The zero-order valence-electron chi connectivity index (χ0n) is 12.7. The maximum Gasteiger partial charge on any atom is 0.309 e. The Morgan fingerprint density at radius 3 is 2.73 bits per heavy atom. The monoisotopic (exact) mass is 304 g/mol. The lowest BCUT2D eigenvalue weighted by Gasteiger charge is -2.32. The van der Waals surface area contributed by atoms with Crippen LogP contribution in [0.1, 0.15) is 54.3 Å². The molecule has 118 valence electrons. The summed E-state index contributed by atoms with van der Waals surface area (Å²) in [7, 11) is 1.44. The molecule has 1 aliphatic heterocycles. The molecule has 0 aromatic carbocycles. The highest BCUT2D eigenvalue weighted by atomic mass is 16.5. The van der Waals surface area contributed by atoms with E-state index in [1.807, 2.05) is 4.90 Å². The van der Waals surface area contributed by atoms with Gasteiger partial charge in [-0.2, -0.15) is 0 Å².